The average Bonchev–Trinajstić information content (AvgIpc) is 3.52. The van der Waals surface area contributed by atoms with Gasteiger partial charge in [0.2, 0.25) is 23.6 Å². The van der Waals surface area contributed by atoms with Gasteiger partial charge in [-0.15, -0.1) is 13.2 Å². The Balaban J connectivity index is 1.35. The number of carboxylic acids is 1. The minimum absolute atomic E-state index is 0.0670. The lowest BCUT2D eigenvalue weighted by atomic mass is 9.49. The molecule has 1 saturated carbocycles. The summed E-state index contributed by atoms with van der Waals surface area (Å²) in [5, 5.41) is 31.5. The van der Waals surface area contributed by atoms with Gasteiger partial charge in [-0.1, -0.05) is 59.6 Å². The molecule has 15 heteroatoms. The third-order valence-corrected chi connectivity index (χ3v) is 11.4. The maximum atomic E-state index is 15.3. The van der Waals surface area contributed by atoms with Crippen LogP contribution in [0.2, 0.25) is 5.02 Å². The van der Waals surface area contributed by atoms with E-state index in [-0.39, 0.29) is 34.8 Å². The Labute approximate surface area is 314 Å². The maximum absolute atomic E-state index is 15.3. The smallest absolute Gasteiger partial charge is 0.508 e. The second-order valence-corrected chi connectivity index (χ2v) is 14.3. The van der Waals surface area contributed by atoms with Crippen LogP contribution >= 0.6 is 11.6 Å². The van der Waals surface area contributed by atoms with Crippen molar-refractivity contribution in [2.45, 2.75) is 30.5 Å². The number of phenolic OH excluding ortho intramolecular Hbond substituents is 1. The fourth-order valence-electron chi connectivity index (χ4n) is 9.14. The van der Waals surface area contributed by atoms with Crippen LogP contribution in [0.4, 0.5) is 24.5 Å². The third kappa shape index (κ3) is 5.45. The summed E-state index contributed by atoms with van der Waals surface area (Å²) >= 11 is 6.31. The van der Waals surface area contributed by atoms with Crippen molar-refractivity contribution >= 4 is 52.6 Å². The normalized spacial score (nSPS) is 26.0. The molecule has 0 radical (unpaired) electrons. The van der Waals surface area contributed by atoms with E-state index >= 15 is 4.79 Å². The molecule has 55 heavy (non-hydrogen) atoms. The van der Waals surface area contributed by atoms with Crippen molar-refractivity contribution in [2.75, 3.05) is 9.80 Å². The van der Waals surface area contributed by atoms with E-state index in [4.69, 9.17) is 11.6 Å². The van der Waals surface area contributed by atoms with E-state index in [9.17, 15) is 47.7 Å². The van der Waals surface area contributed by atoms with E-state index in [1.165, 1.54) is 18.2 Å². The summed E-state index contributed by atoms with van der Waals surface area (Å²) in [4.78, 5) is 72.0. The maximum Gasteiger partial charge on any atom is 0.573 e. The minimum Gasteiger partial charge on any atom is -0.508 e. The number of carboxylic acid groups (broad SMARTS) is 1. The molecule has 0 bridgehead atoms. The van der Waals surface area contributed by atoms with E-state index < -0.39 is 93.8 Å². The Kier molecular flexibility index (Phi) is 8.30. The molecule has 4 aromatic carbocycles. The zero-order valence-electron chi connectivity index (χ0n) is 28.2. The number of alkyl halides is 3. The highest BCUT2D eigenvalue weighted by Gasteiger charge is 2.70. The van der Waals surface area contributed by atoms with Crippen LogP contribution in [-0.4, -0.2) is 51.3 Å². The Hall–Kier alpha value is -6.15. The van der Waals surface area contributed by atoms with Crippen LogP contribution in [0.1, 0.15) is 40.2 Å². The number of benzene rings is 4. The number of rotatable bonds is 6. The van der Waals surface area contributed by atoms with Gasteiger partial charge in [-0.25, -0.2) is 14.6 Å². The average molecular weight is 773 g/mol. The number of carbonyl (C=O) groups is 5. The van der Waals surface area contributed by atoms with Gasteiger partial charge in [0.15, 0.2) is 0 Å². The van der Waals surface area contributed by atoms with Crippen LogP contribution in [0.15, 0.2) is 103 Å². The molecule has 0 spiro atoms. The molecule has 4 amide bonds. The molecule has 8 rings (SSSR count). The summed E-state index contributed by atoms with van der Waals surface area (Å²) in [6.07, 6.45) is -3.70. The van der Waals surface area contributed by atoms with Crippen molar-refractivity contribution in [1.29, 1.82) is 0 Å². The number of hydrogen-bond donors (Lipinski definition) is 3. The van der Waals surface area contributed by atoms with Crippen molar-refractivity contribution in [3.63, 3.8) is 0 Å². The number of imide groups is 2. The fourth-order valence-corrected chi connectivity index (χ4v) is 9.33. The van der Waals surface area contributed by atoms with Gasteiger partial charge < -0.3 is 20.1 Å². The van der Waals surface area contributed by atoms with E-state index in [1.54, 1.807) is 48.5 Å². The first-order chi connectivity index (χ1) is 26.1. The number of ether oxygens (including phenoxy) is 1. The van der Waals surface area contributed by atoms with Gasteiger partial charge in [-0.3, -0.25) is 19.2 Å². The molecule has 2 saturated heterocycles. The second kappa shape index (κ2) is 12.7. The molecule has 0 aromatic heterocycles. The monoisotopic (exact) mass is 772 g/mol. The largest absolute Gasteiger partial charge is 0.573 e. The predicted octanol–water partition coefficient (Wildman–Crippen LogP) is 6.72. The number of phenols is 2. The van der Waals surface area contributed by atoms with Gasteiger partial charge in [0.25, 0.3) is 0 Å². The molecule has 2 aliphatic heterocycles. The zero-order chi connectivity index (χ0) is 39.1. The molecule has 11 nitrogen and oxygen atoms in total. The standard InChI is InChI=1S/C40H28ClF3N2O9/c41-20-7-4-8-21(15-20)46-35(50)29-18-27-24(12-13-26-32(27)36(51)45(34(26)49)22-9-11-25(37(52)53)31(48)16-22)33(39(29,38(46)54)19-5-2-1-3-6-19)28-17-23(10-14-30(28)47)55-40(42,43)44/h1-12,14-17,26-27,29,32-33,47-48H,13,18H2,(H,52,53)/t26-,27+,29-,32-,33+,39+/m0/s1. The molecule has 2 heterocycles. The summed E-state index contributed by atoms with van der Waals surface area (Å²) in [7, 11) is 0. The molecular formula is C40H28ClF3N2O9. The van der Waals surface area contributed by atoms with Gasteiger partial charge in [-0.05, 0) is 72.9 Å². The summed E-state index contributed by atoms with van der Waals surface area (Å²) in [5.41, 5.74) is -1.82. The lowest BCUT2D eigenvalue weighted by Crippen LogP contribution is -2.53. The molecule has 3 fully saturated rings. The lowest BCUT2D eigenvalue weighted by Gasteiger charge is -2.50. The van der Waals surface area contributed by atoms with Crippen LogP contribution in [0.5, 0.6) is 17.2 Å². The minimum atomic E-state index is -5.12. The first-order valence-electron chi connectivity index (χ1n) is 17.1. The number of amides is 4. The van der Waals surface area contributed by atoms with E-state index in [0.29, 0.717) is 11.1 Å². The highest BCUT2D eigenvalue weighted by Crippen LogP contribution is 2.65. The lowest BCUT2D eigenvalue weighted by molar-refractivity contribution is -0.274. The van der Waals surface area contributed by atoms with Crippen molar-refractivity contribution in [2.24, 2.45) is 23.7 Å². The Bertz CT molecular complexity index is 2370. The van der Waals surface area contributed by atoms with E-state index in [2.05, 4.69) is 4.74 Å². The number of hydrogen-bond acceptors (Lipinski definition) is 8. The molecule has 3 N–H and O–H groups in total. The van der Waals surface area contributed by atoms with Crippen LogP contribution in [0.25, 0.3) is 0 Å². The van der Waals surface area contributed by atoms with Gasteiger partial charge in [-0.2, -0.15) is 0 Å². The molecule has 4 aliphatic rings. The number of aromatic hydroxyl groups is 2. The number of nitrogens with zero attached hydrogens (tertiary/aromatic N) is 2. The van der Waals surface area contributed by atoms with Crippen LogP contribution in [0, 0.1) is 23.7 Å². The Morgan fingerprint density at radius 2 is 1.53 bits per heavy atom. The van der Waals surface area contributed by atoms with Crippen LogP contribution in [-0.2, 0) is 24.6 Å². The summed E-state index contributed by atoms with van der Waals surface area (Å²) in [6.45, 7) is 0. The summed E-state index contributed by atoms with van der Waals surface area (Å²) in [5.74, 6) is -11.9. The molecule has 6 atom stereocenters. The van der Waals surface area contributed by atoms with Gasteiger partial charge in [0, 0.05) is 22.6 Å². The first kappa shape index (κ1) is 35.9. The third-order valence-electron chi connectivity index (χ3n) is 11.2. The topological polar surface area (TPSA) is 162 Å². The SMILES string of the molecule is O=C(O)c1ccc(N2C(=O)[C@H]3[C@H](CC=C4[C@H]3C[C@H]3C(=O)N(c5cccc(Cl)c5)C(=O)[C@@]3(c3ccccc3)[C@H]4c3cc(OC(F)(F)F)ccc3O)C2=O)cc1O. The van der Waals surface area contributed by atoms with Crippen LogP contribution < -0.4 is 14.5 Å². The number of anilines is 2. The quantitative estimate of drug-likeness (QED) is 0.143. The predicted molar refractivity (Wildman–Crippen MR) is 188 cm³/mol. The first-order valence-corrected chi connectivity index (χ1v) is 17.4. The summed E-state index contributed by atoms with van der Waals surface area (Å²) in [6, 6.07) is 20.3. The number of halogens is 4. The molecular weight excluding hydrogens is 745 g/mol. The van der Waals surface area contributed by atoms with Crippen molar-refractivity contribution in [1.82, 2.24) is 0 Å². The second-order valence-electron chi connectivity index (χ2n) is 13.9. The van der Waals surface area contributed by atoms with Gasteiger partial charge >= 0.3 is 12.3 Å². The number of aromatic carboxylic acids is 1. The number of carbonyl (C=O) groups excluding carboxylic acids is 4. The van der Waals surface area contributed by atoms with Crippen molar-refractivity contribution in [3.05, 3.63) is 124 Å². The highest BCUT2D eigenvalue weighted by molar-refractivity contribution is 6.32. The Morgan fingerprint density at radius 3 is 2.20 bits per heavy atom. The van der Waals surface area contributed by atoms with Crippen molar-refractivity contribution < 1.29 is 57.2 Å². The van der Waals surface area contributed by atoms with Gasteiger partial charge in [0.1, 0.15) is 22.8 Å². The number of allylic oxidation sites excluding steroid dienone is 2. The van der Waals surface area contributed by atoms with E-state index in [0.717, 1.165) is 40.1 Å². The highest BCUT2D eigenvalue weighted by atomic mass is 35.5. The molecule has 2 aliphatic carbocycles. The number of fused-ring (bicyclic) bond motifs is 4. The zero-order valence-corrected chi connectivity index (χ0v) is 29.0. The molecule has 280 valence electrons. The summed E-state index contributed by atoms with van der Waals surface area (Å²) < 4.78 is 45.0. The fraction of sp³-hybridized carbons (Fsp3) is 0.225. The van der Waals surface area contributed by atoms with Crippen LogP contribution in [0.3, 0.4) is 0 Å². The van der Waals surface area contributed by atoms with Gasteiger partial charge in [0.05, 0.1) is 34.5 Å². The van der Waals surface area contributed by atoms with E-state index in [1.807, 2.05) is 0 Å². The Morgan fingerprint density at radius 1 is 0.800 bits per heavy atom. The molecule has 4 aromatic rings. The molecule has 0 unspecified atom stereocenters. The van der Waals surface area contributed by atoms with Crippen molar-refractivity contribution in [3.8, 4) is 17.2 Å².